The van der Waals surface area contributed by atoms with E-state index in [-0.39, 0.29) is 18.1 Å². The van der Waals surface area contributed by atoms with Crippen molar-refractivity contribution < 1.29 is 28.9 Å². The van der Waals surface area contributed by atoms with E-state index in [1.807, 2.05) is 42.5 Å². The summed E-state index contributed by atoms with van der Waals surface area (Å²) in [6, 6.07) is 21.7. The summed E-state index contributed by atoms with van der Waals surface area (Å²) in [5.74, 6) is 0.178. The Labute approximate surface area is 306 Å². The number of benzene rings is 3. The van der Waals surface area contributed by atoms with E-state index in [0.29, 0.717) is 84.0 Å². The van der Waals surface area contributed by atoms with Crippen molar-refractivity contribution in [2.24, 2.45) is 5.92 Å². The molecule has 0 amide bonds. The minimum Gasteiger partial charge on any atom is -0.481 e. The Morgan fingerprint density at radius 3 is 2.56 bits per heavy atom. The monoisotopic (exact) mass is 719 g/mol. The van der Waals surface area contributed by atoms with Crippen LogP contribution in [0.3, 0.4) is 0 Å². The molecule has 2 fully saturated rings. The third kappa shape index (κ3) is 6.59. The van der Waals surface area contributed by atoms with Crippen LogP contribution in [0.4, 0.5) is 0 Å². The number of halogens is 1. The second kappa shape index (κ2) is 14.2. The second-order valence-electron chi connectivity index (χ2n) is 13.9. The van der Waals surface area contributed by atoms with E-state index >= 15 is 0 Å². The lowest BCUT2D eigenvalue weighted by atomic mass is 9.95. The van der Waals surface area contributed by atoms with Crippen molar-refractivity contribution in [1.29, 1.82) is 5.26 Å². The number of aliphatic hydroxyl groups excluding tert-OH is 1. The molecule has 1 aliphatic carbocycles. The summed E-state index contributed by atoms with van der Waals surface area (Å²) < 4.78 is 18.3. The molecule has 11 nitrogen and oxygen atoms in total. The molecule has 2 aliphatic heterocycles. The molecule has 0 bridgehead atoms. The fourth-order valence-corrected chi connectivity index (χ4v) is 8.18. The maximum absolute atomic E-state index is 11.4. The van der Waals surface area contributed by atoms with Crippen LogP contribution in [0.1, 0.15) is 53.2 Å². The zero-order valence-electron chi connectivity index (χ0n) is 28.7. The van der Waals surface area contributed by atoms with Gasteiger partial charge < -0.3 is 24.1 Å². The van der Waals surface area contributed by atoms with Crippen LogP contribution in [-0.2, 0) is 24.3 Å². The standard InChI is InChI=1S/C40H38ClN5O6/c1-50-38-24(20-46-15-13-27(47)22-46)8-11-35(44-38)51-34-10-9-29-28(4-2-5-30(29)34)31-6-3-7-32(36(31)41)39-43-33-17-23(16-26(18-42)37(33)52-39)19-45-14-12-25(21-45)40(48)49/h2-8,11,16-17,25,27,34,47H,9-10,12-15,19-22H2,1H3,(H,48,49)/t25-,27-,34-/m1/s1. The zero-order valence-corrected chi connectivity index (χ0v) is 29.5. The lowest BCUT2D eigenvalue weighted by Crippen LogP contribution is -2.22. The predicted octanol–water partition coefficient (Wildman–Crippen LogP) is 6.63. The number of carbonyl (C=O) groups is 1. The number of aromatic nitrogens is 2. The first-order valence-corrected chi connectivity index (χ1v) is 18.0. The highest BCUT2D eigenvalue weighted by Gasteiger charge is 2.30. The zero-order chi connectivity index (χ0) is 35.9. The number of pyridine rings is 1. The lowest BCUT2D eigenvalue weighted by molar-refractivity contribution is -0.141. The molecule has 8 rings (SSSR count). The molecule has 3 atom stereocenters. The highest BCUT2D eigenvalue weighted by Crippen LogP contribution is 2.44. The number of rotatable bonds is 10. The molecule has 4 heterocycles. The van der Waals surface area contributed by atoms with E-state index in [4.69, 9.17) is 30.5 Å². The van der Waals surface area contributed by atoms with Crippen LogP contribution in [0.25, 0.3) is 33.7 Å². The summed E-state index contributed by atoms with van der Waals surface area (Å²) in [6.45, 7) is 3.82. The van der Waals surface area contributed by atoms with Gasteiger partial charge in [-0.1, -0.05) is 41.9 Å². The topological polar surface area (TPSA) is 145 Å². The van der Waals surface area contributed by atoms with Gasteiger partial charge in [0.2, 0.25) is 17.7 Å². The third-order valence-corrected chi connectivity index (χ3v) is 10.9. The number of aliphatic carboxylic acids is 1. The normalized spacial score (nSPS) is 20.3. The number of aliphatic hydroxyl groups is 1. The number of hydrogen-bond donors (Lipinski definition) is 2. The first-order chi connectivity index (χ1) is 25.3. The molecule has 52 heavy (non-hydrogen) atoms. The average Bonchev–Trinajstić information content (AvgIpc) is 3.96. The van der Waals surface area contributed by atoms with Gasteiger partial charge >= 0.3 is 5.97 Å². The van der Waals surface area contributed by atoms with Crippen molar-refractivity contribution in [2.75, 3.05) is 33.3 Å². The van der Waals surface area contributed by atoms with Crippen molar-refractivity contribution in [3.05, 3.63) is 93.5 Å². The Bertz CT molecular complexity index is 2220. The van der Waals surface area contributed by atoms with Gasteiger partial charge in [0.25, 0.3) is 0 Å². The number of carboxylic acids is 1. The number of β-amino-alcohol motifs (C(OH)–C–C–N with tert-alkyl or cyclic N) is 1. The van der Waals surface area contributed by atoms with Gasteiger partial charge in [-0.05, 0) is 78.7 Å². The molecule has 3 aliphatic rings. The SMILES string of the molecule is COc1nc(O[C@@H]2CCc3c(-c4cccc(-c5nc6cc(CN7CC[C@@H](C(=O)O)C7)cc(C#N)c6o5)c4Cl)cccc32)ccc1CN1CC[C@@H](O)C1. The largest absolute Gasteiger partial charge is 0.481 e. The van der Waals surface area contributed by atoms with Gasteiger partial charge in [-0.15, -0.1) is 0 Å². The van der Waals surface area contributed by atoms with Gasteiger partial charge in [0, 0.05) is 49.9 Å². The molecular formula is C40H38ClN5O6. The van der Waals surface area contributed by atoms with E-state index in [2.05, 4.69) is 33.0 Å². The fourth-order valence-electron chi connectivity index (χ4n) is 7.87. The Balaban J connectivity index is 1.04. The quantitative estimate of drug-likeness (QED) is 0.160. The molecule has 0 unspecified atom stereocenters. The Kier molecular flexibility index (Phi) is 9.32. The van der Waals surface area contributed by atoms with Crippen molar-refractivity contribution in [3.8, 4) is 40.4 Å². The Morgan fingerprint density at radius 2 is 1.79 bits per heavy atom. The molecule has 0 saturated carbocycles. The highest BCUT2D eigenvalue weighted by atomic mass is 35.5. The predicted molar refractivity (Wildman–Crippen MR) is 194 cm³/mol. The van der Waals surface area contributed by atoms with E-state index in [1.54, 1.807) is 13.2 Å². The third-order valence-electron chi connectivity index (χ3n) is 10.4. The second-order valence-corrected chi connectivity index (χ2v) is 14.2. The van der Waals surface area contributed by atoms with Crippen LogP contribution in [-0.4, -0.2) is 75.3 Å². The number of methoxy groups -OCH3 is 1. The molecule has 5 aromatic rings. The summed E-state index contributed by atoms with van der Waals surface area (Å²) in [6.07, 6.45) is 2.47. The molecule has 12 heteroatoms. The number of oxazole rings is 1. The maximum atomic E-state index is 11.4. The van der Waals surface area contributed by atoms with Crippen LogP contribution >= 0.6 is 11.6 Å². The number of hydrogen-bond acceptors (Lipinski definition) is 10. The van der Waals surface area contributed by atoms with Gasteiger partial charge in [-0.3, -0.25) is 14.6 Å². The molecule has 2 aromatic heterocycles. The molecule has 2 N–H and O–H groups in total. The van der Waals surface area contributed by atoms with Crippen LogP contribution < -0.4 is 9.47 Å². The number of ether oxygens (including phenoxy) is 2. The van der Waals surface area contributed by atoms with Gasteiger partial charge in [0.15, 0.2) is 5.58 Å². The van der Waals surface area contributed by atoms with Gasteiger partial charge in [-0.25, -0.2) is 4.98 Å². The maximum Gasteiger partial charge on any atom is 0.307 e. The van der Waals surface area contributed by atoms with Crippen LogP contribution in [0, 0.1) is 17.2 Å². The van der Waals surface area contributed by atoms with Crippen molar-refractivity contribution in [1.82, 2.24) is 19.8 Å². The summed E-state index contributed by atoms with van der Waals surface area (Å²) in [7, 11) is 1.61. The number of nitriles is 1. The van der Waals surface area contributed by atoms with Gasteiger partial charge in [0.05, 0.1) is 35.3 Å². The van der Waals surface area contributed by atoms with Crippen molar-refractivity contribution >= 4 is 28.7 Å². The van der Waals surface area contributed by atoms with Crippen LogP contribution in [0.2, 0.25) is 5.02 Å². The van der Waals surface area contributed by atoms with E-state index in [0.717, 1.165) is 59.2 Å². The molecule has 0 radical (unpaired) electrons. The highest BCUT2D eigenvalue weighted by molar-refractivity contribution is 6.36. The minimum absolute atomic E-state index is 0.195. The average molecular weight is 720 g/mol. The Hall–Kier alpha value is -4.99. The van der Waals surface area contributed by atoms with Crippen LogP contribution in [0.5, 0.6) is 11.8 Å². The molecule has 266 valence electrons. The molecule has 3 aromatic carbocycles. The van der Waals surface area contributed by atoms with E-state index in [9.17, 15) is 20.3 Å². The Morgan fingerprint density at radius 1 is 1.00 bits per heavy atom. The van der Waals surface area contributed by atoms with E-state index in [1.165, 1.54) is 0 Å². The molecular weight excluding hydrogens is 682 g/mol. The first kappa shape index (κ1) is 34.1. The smallest absolute Gasteiger partial charge is 0.307 e. The van der Waals surface area contributed by atoms with Crippen molar-refractivity contribution in [3.63, 3.8) is 0 Å². The van der Waals surface area contributed by atoms with Crippen molar-refractivity contribution in [2.45, 2.75) is 51.0 Å². The summed E-state index contributed by atoms with van der Waals surface area (Å²) in [5.41, 5.74) is 7.84. The van der Waals surface area contributed by atoms with Gasteiger partial charge in [-0.2, -0.15) is 10.2 Å². The van der Waals surface area contributed by atoms with Crippen LogP contribution in [0.15, 0.2) is 65.1 Å². The number of fused-ring (bicyclic) bond motifs is 2. The lowest BCUT2D eigenvalue weighted by Gasteiger charge is -2.19. The minimum atomic E-state index is -0.777. The number of likely N-dealkylation sites (tertiary alicyclic amines) is 2. The number of nitrogens with zero attached hydrogens (tertiary/aromatic N) is 5. The summed E-state index contributed by atoms with van der Waals surface area (Å²) in [5, 5.41) is 29.8. The fraction of sp³-hybridized carbons (Fsp3) is 0.350. The first-order valence-electron chi connectivity index (χ1n) is 17.6. The molecule has 0 spiro atoms. The number of carboxylic acid groups (broad SMARTS) is 1. The molecule has 2 saturated heterocycles. The van der Waals surface area contributed by atoms with Gasteiger partial charge in [0.1, 0.15) is 17.7 Å². The summed E-state index contributed by atoms with van der Waals surface area (Å²) in [4.78, 5) is 25.2. The van der Waals surface area contributed by atoms with E-state index < -0.39 is 5.97 Å². The summed E-state index contributed by atoms with van der Waals surface area (Å²) >= 11 is 7.16.